The maximum atomic E-state index is 11.6. The van der Waals surface area contributed by atoms with Gasteiger partial charge in [-0.05, 0) is 6.42 Å². The summed E-state index contributed by atoms with van der Waals surface area (Å²) < 4.78 is 5.94. The lowest BCUT2D eigenvalue weighted by Gasteiger charge is -2.00. The van der Waals surface area contributed by atoms with Gasteiger partial charge in [0.15, 0.2) is 5.69 Å². The number of methoxy groups -OCH3 is 1. The van der Waals surface area contributed by atoms with Crippen molar-refractivity contribution in [1.82, 2.24) is 20.3 Å². The Morgan fingerprint density at radius 2 is 2.40 bits per heavy atom. The summed E-state index contributed by atoms with van der Waals surface area (Å²) in [4.78, 5) is 22.9. The van der Waals surface area contributed by atoms with E-state index in [2.05, 4.69) is 20.4 Å². The Morgan fingerprint density at radius 1 is 1.60 bits per heavy atom. The fourth-order valence-electron chi connectivity index (χ4n) is 1.44. The van der Waals surface area contributed by atoms with E-state index in [0.29, 0.717) is 13.1 Å². The van der Waals surface area contributed by atoms with Crippen molar-refractivity contribution in [3.05, 3.63) is 11.4 Å². The second kappa shape index (κ2) is 3.68. The van der Waals surface area contributed by atoms with Crippen molar-refractivity contribution in [2.75, 3.05) is 13.7 Å². The molecule has 0 aliphatic carbocycles. The topological polar surface area (TPSA) is 86.1 Å². The van der Waals surface area contributed by atoms with Crippen LogP contribution in [0.2, 0.25) is 0 Å². The summed E-state index contributed by atoms with van der Waals surface area (Å²) in [5.41, 5.74) is 0.149. The van der Waals surface area contributed by atoms with Crippen LogP contribution in [-0.2, 0) is 11.3 Å². The molecule has 1 aliphatic heterocycles. The molecule has 0 fully saturated rings. The van der Waals surface area contributed by atoms with Crippen LogP contribution in [0.5, 0.6) is 0 Å². The second-order valence-electron chi connectivity index (χ2n) is 3.11. The maximum absolute atomic E-state index is 11.6. The number of esters is 1. The van der Waals surface area contributed by atoms with E-state index in [-0.39, 0.29) is 17.3 Å². The summed E-state index contributed by atoms with van der Waals surface area (Å²) in [6.45, 7) is 1.14. The van der Waals surface area contributed by atoms with Crippen LogP contribution in [0.4, 0.5) is 0 Å². The lowest BCUT2D eigenvalue weighted by Crippen LogP contribution is -2.25. The summed E-state index contributed by atoms with van der Waals surface area (Å²) >= 11 is 0. The van der Waals surface area contributed by atoms with Crippen LogP contribution >= 0.6 is 0 Å². The normalized spacial score (nSPS) is 15.1. The van der Waals surface area contributed by atoms with Gasteiger partial charge in [0, 0.05) is 13.1 Å². The Morgan fingerprint density at radius 3 is 3.13 bits per heavy atom. The summed E-state index contributed by atoms with van der Waals surface area (Å²) in [5, 5.41) is 10.0. The number of ether oxygens (including phenoxy) is 1. The van der Waals surface area contributed by atoms with Crippen molar-refractivity contribution < 1.29 is 14.3 Å². The monoisotopic (exact) mass is 210 g/mol. The molecule has 0 atom stereocenters. The molecular weight excluding hydrogens is 200 g/mol. The zero-order valence-corrected chi connectivity index (χ0v) is 8.19. The molecule has 1 amide bonds. The fourth-order valence-corrected chi connectivity index (χ4v) is 1.44. The highest BCUT2D eigenvalue weighted by Gasteiger charge is 2.27. The molecule has 2 rings (SSSR count). The van der Waals surface area contributed by atoms with E-state index in [1.807, 2.05) is 0 Å². The minimum absolute atomic E-state index is 0.0306. The van der Waals surface area contributed by atoms with Gasteiger partial charge in [-0.3, -0.25) is 4.79 Å². The molecule has 0 bridgehead atoms. The second-order valence-corrected chi connectivity index (χ2v) is 3.11. The number of nitrogens with one attached hydrogen (secondary N) is 1. The molecule has 7 heteroatoms. The van der Waals surface area contributed by atoms with Crippen LogP contribution < -0.4 is 5.32 Å². The minimum Gasteiger partial charge on any atom is -0.464 e. The van der Waals surface area contributed by atoms with Crippen LogP contribution in [0.3, 0.4) is 0 Å². The molecule has 1 aliphatic rings. The number of hydrogen-bond acceptors (Lipinski definition) is 5. The van der Waals surface area contributed by atoms with Crippen molar-refractivity contribution in [2.24, 2.45) is 0 Å². The summed E-state index contributed by atoms with van der Waals surface area (Å²) in [7, 11) is 1.24. The van der Waals surface area contributed by atoms with Gasteiger partial charge in [0.25, 0.3) is 5.91 Å². The molecule has 7 nitrogen and oxygen atoms in total. The minimum atomic E-state index is -0.645. The Balaban J connectivity index is 2.46. The molecule has 1 aromatic rings. The van der Waals surface area contributed by atoms with Gasteiger partial charge in [-0.15, -0.1) is 5.10 Å². The molecular formula is C8H10N4O3. The van der Waals surface area contributed by atoms with Crippen molar-refractivity contribution in [2.45, 2.75) is 13.0 Å². The lowest BCUT2D eigenvalue weighted by atomic mass is 10.3. The Hall–Kier alpha value is -1.92. The largest absolute Gasteiger partial charge is 0.464 e. The fraction of sp³-hybridized carbons (Fsp3) is 0.500. The van der Waals surface area contributed by atoms with E-state index in [1.54, 1.807) is 0 Å². The van der Waals surface area contributed by atoms with E-state index >= 15 is 0 Å². The number of fused-ring (bicyclic) bond motifs is 1. The Bertz CT molecular complexity index is 412. The standard InChI is InChI=1S/C8H10N4O3/c1-15-8(14)5-6-7(13)9-3-2-4-12(6)11-10-5/h2-4H2,1H3,(H,9,13). The van der Waals surface area contributed by atoms with Gasteiger partial charge in [0.1, 0.15) is 0 Å². The molecule has 0 radical (unpaired) electrons. The number of rotatable bonds is 1. The van der Waals surface area contributed by atoms with Crippen molar-refractivity contribution in [3.63, 3.8) is 0 Å². The van der Waals surface area contributed by atoms with Crippen LogP contribution in [0.15, 0.2) is 0 Å². The van der Waals surface area contributed by atoms with Crippen LogP contribution in [-0.4, -0.2) is 40.5 Å². The van der Waals surface area contributed by atoms with Gasteiger partial charge in [0.05, 0.1) is 7.11 Å². The number of carbonyl (C=O) groups excluding carboxylic acids is 2. The third-order valence-electron chi connectivity index (χ3n) is 2.16. The first kappa shape index (κ1) is 9.63. The smallest absolute Gasteiger partial charge is 0.361 e. The summed E-state index contributed by atoms with van der Waals surface area (Å²) in [5.74, 6) is -0.980. The number of nitrogens with zero attached hydrogens (tertiary/aromatic N) is 3. The number of amides is 1. The van der Waals surface area contributed by atoms with E-state index < -0.39 is 5.97 Å². The Labute approximate surface area is 85.4 Å². The molecule has 1 N–H and O–H groups in total. The first-order valence-electron chi connectivity index (χ1n) is 4.54. The first-order valence-corrected chi connectivity index (χ1v) is 4.54. The van der Waals surface area contributed by atoms with Crippen LogP contribution in [0.25, 0.3) is 0 Å². The van der Waals surface area contributed by atoms with Gasteiger partial charge in [-0.25, -0.2) is 9.48 Å². The number of aryl methyl sites for hydroxylation is 1. The van der Waals surface area contributed by atoms with Crippen LogP contribution in [0, 0.1) is 0 Å². The quantitative estimate of drug-likeness (QED) is 0.613. The third-order valence-corrected chi connectivity index (χ3v) is 2.16. The predicted octanol–water partition coefficient (Wildman–Crippen LogP) is -0.802. The van der Waals surface area contributed by atoms with E-state index in [1.165, 1.54) is 11.8 Å². The van der Waals surface area contributed by atoms with Gasteiger partial charge in [0.2, 0.25) is 5.69 Å². The summed E-state index contributed by atoms with van der Waals surface area (Å²) in [6, 6.07) is 0. The molecule has 0 unspecified atom stereocenters. The van der Waals surface area contributed by atoms with Gasteiger partial charge >= 0.3 is 5.97 Å². The molecule has 0 aromatic carbocycles. The highest BCUT2D eigenvalue weighted by atomic mass is 16.5. The number of aromatic nitrogens is 3. The molecule has 0 spiro atoms. The maximum Gasteiger partial charge on any atom is 0.361 e. The van der Waals surface area contributed by atoms with Gasteiger partial charge < -0.3 is 10.1 Å². The molecule has 1 aromatic heterocycles. The average molecular weight is 210 g/mol. The highest BCUT2D eigenvalue weighted by molar-refractivity contribution is 6.02. The molecule has 2 heterocycles. The molecule has 0 saturated carbocycles. The number of carbonyl (C=O) groups is 2. The molecule has 0 saturated heterocycles. The van der Waals surface area contributed by atoms with Crippen molar-refractivity contribution >= 4 is 11.9 Å². The zero-order valence-electron chi connectivity index (χ0n) is 8.19. The van der Waals surface area contributed by atoms with Crippen molar-refractivity contribution in [3.8, 4) is 0 Å². The zero-order chi connectivity index (χ0) is 10.8. The number of hydrogen-bond donors (Lipinski definition) is 1. The molecule has 15 heavy (non-hydrogen) atoms. The van der Waals surface area contributed by atoms with Crippen LogP contribution in [0.1, 0.15) is 27.4 Å². The first-order chi connectivity index (χ1) is 7.24. The highest BCUT2D eigenvalue weighted by Crippen LogP contribution is 2.09. The third kappa shape index (κ3) is 1.56. The lowest BCUT2D eigenvalue weighted by molar-refractivity contribution is 0.0589. The van der Waals surface area contributed by atoms with E-state index in [0.717, 1.165) is 6.42 Å². The van der Waals surface area contributed by atoms with E-state index in [4.69, 9.17) is 0 Å². The predicted molar refractivity (Wildman–Crippen MR) is 48.3 cm³/mol. The van der Waals surface area contributed by atoms with Crippen molar-refractivity contribution in [1.29, 1.82) is 0 Å². The summed E-state index contributed by atoms with van der Waals surface area (Å²) in [6.07, 6.45) is 0.767. The van der Waals surface area contributed by atoms with Gasteiger partial charge in [-0.1, -0.05) is 5.21 Å². The average Bonchev–Trinajstić information content (AvgIpc) is 2.58. The SMILES string of the molecule is COC(=O)c1nnn2c1C(=O)NCCC2. The van der Waals surface area contributed by atoms with E-state index in [9.17, 15) is 9.59 Å². The molecule has 80 valence electrons. The van der Waals surface area contributed by atoms with Gasteiger partial charge in [-0.2, -0.15) is 0 Å². The Kier molecular flexibility index (Phi) is 2.36.